The Labute approximate surface area is 149 Å². The minimum absolute atomic E-state index is 0. The first-order valence-corrected chi connectivity index (χ1v) is 11.3. The molecule has 0 aliphatic carbocycles. The van der Waals surface area contributed by atoms with Crippen molar-refractivity contribution >= 4 is 41.9 Å². The third-order valence-corrected chi connectivity index (χ3v) is 12.0. The van der Waals surface area contributed by atoms with Crippen LogP contribution in [0.5, 0.6) is 0 Å². The number of hydrogen-bond acceptors (Lipinski definition) is 6. The fraction of sp³-hybridized carbons (Fsp3) is 1.00. The van der Waals surface area contributed by atoms with Crippen LogP contribution < -0.4 is 18.9 Å². The predicted octanol–water partition coefficient (Wildman–Crippen LogP) is -2.36. The predicted molar refractivity (Wildman–Crippen MR) is 79.6 cm³/mol. The minimum Gasteiger partial charge on any atom is -0.208 e. The van der Waals surface area contributed by atoms with E-state index in [0.717, 1.165) is 0 Å². The Balaban J connectivity index is 0.00000441. The molecule has 13 heteroatoms. The number of rotatable bonds is 6. The molecular weight excluding hydrogens is 371 g/mol. The van der Waals surface area contributed by atoms with Gasteiger partial charge in [0.2, 0.25) is 0 Å². The smallest absolute Gasteiger partial charge is 0.208 e. The van der Waals surface area contributed by atoms with Crippen molar-refractivity contribution in [3.05, 3.63) is 0 Å². The SMILES string of the molecule is CCCCN1S(=O)(=O)C(Cl)S(=O)(=O)N(CCCC)S1(=O)=O.[Li+]. The van der Waals surface area contributed by atoms with Gasteiger partial charge in [-0.25, -0.2) is 16.8 Å². The molecule has 0 amide bonds. The standard InChI is InChI=1S/C9H19ClN2O6S3.Li/c1-3-5-7-11-19(13,14)9(10)20(15,16)12(8-6-4-2)21(11,17)18;/h9H,3-8H2,1-2H3;/q;+1. The Hall–Kier alpha value is 0.657. The van der Waals surface area contributed by atoms with Crippen LogP contribution in [0.4, 0.5) is 0 Å². The molecule has 0 aromatic rings. The summed E-state index contributed by atoms with van der Waals surface area (Å²) in [4.78, 5) is 0. The van der Waals surface area contributed by atoms with E-state index in [2.05, 4.69) is 0 Å². The van der Waals surface area contributed by atoms with Gasteiger partial charge in [-0.1, -0.05) is 45.7 Å². The average Bonchev–Trinajstić information content (AvgIpc) is 2.36. The quantitative estimate of drug-likeness (QED) is 0.371. The fourth-order valence-corrected chi connectivity index (χ4v) is 10.1. The van der Waals surface area contributed by atoms with Gasteiger partial charge < -0.3 is 0 Å². The molecule has 126 valence electrons. The average molecular weight is 390 g/mol. The van der Waals surface area contributed by atoms with Crippen molar-refractivity contribution < 1.29 is 44.1 Å². The van der Waals surface area contributed by atoms with Crippen LogP contribution in [0.25, 0.3) is 0 Å². The summed E-state index contributed by atoms with van der Waals surface area (Å²) in [6.07, 6.45) is 1.67. The van der Waals surface area contributed by atoms with E-state index in [1.807, 2.05) is 0 Å². The van der Waals surface area contributed by atoms with E-state index in [9.17, 15) is 25.3 Å². The van der Waals surface area contributed by atoms with Crippen LogP contribution in [0.3, 0.4) is 0 Å². The molecule has 0 atom stereocenters. The number of sulfonamides is 2. The van der Waals surface area contributed by atoms with Crippen molar-refractivity contribution in [2.45, 2.75) is 43.6 Å². The fourth-order valence-electron chi connectivity index (χ4n) is 1.76. The molecule has 0 N–H and O–H groups in total. The molecular formula is C9H19ClLiN2O6S3+. The summed E-state index contributed by atoms with van der Waals surface area (Å²) < 4.78 is 71.1. The van der Waals surface area contributed by atoms with Gasteiger partial charge in [0.25, 0.3) is 24.1 Å². The third kappa shape index (κ3) is 4.00. The largest absolute Gasteiger partial charge is 1.00 e. The number of unbranched alkanes of at least 4 members (excludes halogenated alkanes) is 2. The van der Waals surface area contributed by atoms with Gasteiger partial charge in [-0.15, -0.1) is 0 Å². The number of alkyl halides is 1. The van der Waals surface area contributed by atoms with Crippen LogP contribution in [-0.4, -0.2) is 49.8 Å². The number of nitrogens with zero attached hydrogens (tertiary/aromatic N) is 2. The Morgan fingerprint density at radius 1 is 0.818 bits per heavy atom. The van der Waals surface area contributed by atoms with Gasteiger partial charge in [0.05, 0.1) is 0 Å². The zero-order valence-corrected chi connectivity index (χ0v) is 16.0. The zero-order valence-electron chi connectivity index (χ0n) is 12.8. The van der Waals surface area contributed by atoms with Gasteiger partial charge in [0.15, 0.2) is 0 Å². The zero-order chi connectivity index (χ0) is 16.5. The summed E-state index contributed by atoms with van der Waals surface area (Å²) in [5.41, 5.74) is 0. The topological polar surface area (TPSA) is 109 Å². The second kappa shape index (κ2) is 8.16. The van der Waals surface area contributed by atoms with Crippen LogP contribution in [-0.2, 0) is 30.3 Å². The number of halogens is 1. The van der Waals surface area contributed by atoms with Gasteiger partial charge in [-0.05, 0) is 12.8 Å². The molecule has 0 saturated carbocycles. The molecule has 0 aromatic heterocycles. The molecule has 0 spiro atoms. The molecule has 0 bridgehead atoms. The van der Waals surface area contributed by atoms with Gasteiger partial charge in [0.1, 0.15) is 0 Å². The van der Waals surface area contributed by atoms with E-state index in [1.54, 1.807) is 13.8 Å². The van der Waals surface area contributed by atoms with E-state index >= 15 is 0 Å². The second-order valence-corrected chi connectivity index (χ2v) is 11.9. The van der Waals surface area contributed by atoms with Crippen LogP contribution >= 0.6 is 11.6 Å². The van der Waals surface area contributed by atoms with Crippen LogP contribution in [0, 0.1) is 0 Å². The monoisotopic (exact) mass is 389 g/mol. The van der Waals surface area contributed by atoms with Crippen molar-refractivity contribution in [3.8, 4) is 0 Å². The third-order valence-electron chi connectivity index (χ3n) is 2.94. The number of hydrogen-bond donors (Lipinski definition) is 0. The van der Waals surface area contributed by atoms with Gasteiger partial charge in [0, 0.05) is 13.1 Å². The van der Waals surface area contributed by atoms with E-state index in [0.29, 0.717) is 12.8 Å². The normalized spacial score (nSPS) is 24.7. The van der Waals surface area contributed by atoms with E-state index in [1.165, 1.54) is 0 Å². The van der Waals surface area contributed by atoms with Crippen LogP contribution in [0.15, 0.2) is 0 Å². The molecule has 1 heterocycles. The molecule has 1 aliphatic rings. The van der Waals surface area contributed by atoms with Crippen molar-refractivity contribution in [2.75, 3.05) is 13.1 Å². The van der Waals surface area contributed by atoms with Gasteiger partial charge in [-0.2, -0.15) is 8.42 Å². The van der Waals surface area contributed by atoms with E-state index < -0.39 is 34.3 Å². The molecule has 1 fully saturated rings. The first-order chi connectivity index (χ1) is 9.54. The Morgan fingerprint density at radius 3 is 1.41 bits per heavy atom. The summed E-state index contributed by atoms with van der Waals surface area (Å²) in [6.45, 7) is 2.88. The second-order valence-electron chi connectivity index (χ2n) is 4.57. The summed E-state index contributed by atoms with van der Waals surface area (Å²) in [5, 5.41) is 0. The summed E-state index contributed by atoms with van der Waals surface area (Å²) in [6, 6.07) is 0. The maximum atomic E-state index is 12.3. The maximum absolute atomic E-state index is 12.3. The van der Waals surface area contributed by atoms with Crippen LogP contribution in [0.1, 0.15) is 39.5 Å². The minimum atomic E-state index is -4.67. The molecule has 22 heavy (non-hydrogen) atoms. The maximum Gasteiger partial charge on any atom is 1.00 e. The van der Waals surface area contributed by atoms with Gasteiger partial charge in [-0.3, -0.25) is 0 Å². The van der Waals surface area contributed by atoms with E-state index in [4.69, 9.17) is 11.6 Å². The summed E-state index contributed by atoms with van der Waals surface area (Å²) in [5.74, 6) is 0. The molecule has 0 aromatic carbocycles. The molecule has 1 aliphatic heterocycles. The molecule has 1 saturated heterocycles. The van der Waals surface area contributed by atoms with Crippen molar-refractivity contribution in [1.29, 1.82) is 0 Å². The van der Waals surface area contributed by atoms with Crippen LogP contribution in [0.2, 0.25) is 0 Å². The molecule has 1 rings (SSSR count). The molecule has 0 radical (unpaired) electrons. The van der Waals surface area contributed by atoms with E-state index in [-0.39, 0.29) is 52.2 Å². The summed E-state index contributed by atoms with van der Waals surface area (Å²) >= 11 is 5.55. The Morgan fingerprint density at radius 2 is 1.14 bits per heavy atom. The first-order valence-electron chi connectivity index (χ1n) is 6.47. The van der Waals surface area contributed by atoms with Gasteiger partial charge >= 0.3 is 29.1 Å². The van der Waals surface area contributed by atoms with Crippen molar-refractivity contribution in [3.63, 3.8) is 0 Å². The Bertz CT molecular complexity index is 626. The Kier molecular flexibility index (Phi) is 8.40. The summed E-state index contributed by atoms with van der Waals surface area (Å²) in [7, 11) is -14.0. The first kappa shape index (κ1) is 22.7. The molecule has 0 unspecified atom stereocenters. The molecule has 8 nitrogen and oxygen atoms in total. The van der Waals surface area contributed by atoms with Crippen molar-refractivity contribution in [2.24, 2.45) is 0 Å². The van der Waals surface area contributed by atoms with Crippen molar-refractivity contribution in [1.82, 2.24) is 7.42 Å².